The highest BCUT2D eigenvalue weighted by atomic mass is 32.2. The molecule has 0 saturated heterocycles. The van der Waals surface area contributed by atoms with Gasteiger partial charge in [0.25, 0.3) is 0 Å². The largest absolute Gasteiger partial charge is 0.465 e. The number of carbonyl (C=O) groups is 2. The van der Waals surface area contributed by atoms with Gasteiger partial charge in [0.05, 0.1) is 12.4 Å². The number of carbonyl (C=O) groups excluding carboxylic acids is 2. The zero-order valence-electron chi connectivity index (χ0n) is 13.7. The highest BCUT2D eigenvalue weighted by Crippen LogP contribution is 2.42. The number of fused-ring (bicyclic) bond motifs is 2. The molecule has 4 heteroatoms. The molecule has 0 amide bonds. The third kappa shape index (κ3) is 2.63. The van der Waals surface area contributed by atoms with Crippen LogP contribution in [-0.2, 0) is 9.53 Å². The van der Waals surface area contributed by atoms with Gasteiger partial charge in [-0.15, -0.1) is 11.8 Å². The molecule has 0 radical (unpaired) electrons. The Morgan fingerprint density at radius 3 is 2.48 bits per heavy atom. The van der Waals surface area contributed by atoms with Crippen LogP contribution in [0.3, 0.4) is 0 Å². The van der Waals surface area contributed by atoms with Crippen molar-refractivity contribution in [1.82, 2.24) is 0 Å². The summed E-state index contributed by atoms with van der Waals surface area (Å²) in [6.07, 6.45) is 0. The number of ether oxygens (including phenoxy) is 1. The lowest BCUT2D eigenvalue weighted by Gasteiger charge is -2.21. The standard InChI is InChI=1S/C21H16O3S/c1-2-24-19(22)12-25-18-11-10-14-13-6-3-4-7-15(13)21(23)17-9-5-8-16(18)20(14)17/h3-11H,2,12H2,1H3. The van der Waals surface area contributed by atoms with Crippen molar-refractivity contribution in [3.05, 3.63) is 65.7 Å². The smallest absolute Gasteiger partial charge is 0.316 e. The maximum atomic E-state index is 12.9. The molecule has 0 N–H and O–H groups in total. The van der Waals surface area contributed by atoms with Crippen LogP contribution < -0.4 is 0 Å². The summed E-state index contributed by atoms with van der Waals surface area (Å²) in [4.78, 5) is 25.5. The molecule has 1 aliphatic rings. The van der Waals surface area contributed by atoms with Crippen LogP contribution in [0.2, 0.25) is 0 Å². The van der Waals surface area contributed by atoms with E-state index in [-0.39, 0.29) is 17.5 Å². The first-order valence-electron chi connectivity index (χ1n) is 8.19. The summed E-state index contributed by atoms with van der Waals surface area (Å²) in [6, 6.07) is 17.6. The Hall–Kier alpha value is -2.59. The van der Waals surface area contributed by atoms with Crippen LogP contribution in [0.4, 0.5) is 0 Å². The molecule has 3 nitrogen and oxygen atoms in total. The van der Waals surface area contributed by atoms with Crippen molar-refractivity contribution in [3.8, 4) is 11.1 Å². The molecule has 0 spiro atoms. The summed E-state index contributed by atoms with van der Waals surface area (Å²) in [5, 5.41) is 1.98. The van der Waals surface area contributed by atoms with Crippen LogP contribution in [0.1, 0.15) is 22.8 Å². The van der Waals surface area contributed by atoms with Crippen LogP contribution >= 0.6 is 11.8 Å². The first kappa shape index (κ1) is 15.9. The van der Waals surface area contributed by atoms with Crippen molar-refractivity contribution in [2.24, 2.45) is 0 Å². The van der Waals surface area contributed by atoms with E-state index in [0.717, 1.165) is 37.9 Å². The van der Waals surface area contributed by atoms with Crippen molar-refractivity contribution in [2.45, 2.75) is 11.8 Å². The zero-order valence-corrected chi connectivity index (χ0v) is 14.6. The summed E-state index contributed by atoms with van der Waals surface area (Å²) in [6.45, 7) is 2.18. The molecular formula is C21H16O3S. The summed E-state index contributed by atoms with van der Waals surface area (Å²) < 4.78 is 5.01. The van der Waals surface area contributed by atoms with Crippen LogP contribution in [0.5, 0.6) is 0 Å². The topological polar surface area (TPSA) is 43.4 Å². The van der Waals surface area contributed by atoms with Crippen LogP contribution in [0, 0.1) is 0 Å². The van der Waals surface area contributed by atoms with E-state index in [1.807, 2.05) is 54.6 Å². The second kappa shape index (κ2) is 6.37. The first-order chi connectivity index (χ1) is 12.2. The zero-order chi connectivity index (χ0) is 17.4. The fraction of sp³-hybridized carbons (Fsp3) is 0.143. The lowest BCUT2D eigenvalue weighted by molar-refractivity contribution is -0.139. The van der Waals surface area contributed by atoms with Crippen molar-refractivity contribution in [2.75, 3.05) is 12.4 Å². The average Bonchev–Trinajstić information content (AvgIpc) is 2.65. The Labute approximate surface area is 150 Å². The molecule has 1 aliphatic carbocycles. The van der Waals surface area contributed by atoms with E-state index in [2.05, 4.69) is 0 Å². The molecule has 3 aromatic carbocycles. The van der Waals surface area contributed by atoms with Gasteiger partial charge in [0, 0.05) is 21.4 Å². The van der Waals surface area contributed by atoms with E-state index < -0.39 is 0 Å². The second-order valence-electron chi connectivity index (χ2n) is 5.81. The van der Waals surface area contributed by atoms with E-state index in [0.29, 0.717) is 6.61 Å². The van der Waals surface area contributed by atoms with E-state index in [1.54, 1.807) is 6.92 Å². The third-order valence-electron chi connectivity index (χ3n) is 4.36. The molecule has 0 saturated carbocycles. The Morgan fingerprint density at radius 1 is 0.920 bits per heavy atom. The highest BCUT2D eigenvalue weighted by molar-refractivity contribution is 8.00. The molecule has 0 heterocycles. The van der Waals surface area contributed by atoms with Gasteiger partial charge in [0.2, 0.25) is 0 Å². The monoisotopic (exact) mass is 348 g/mol. The van der Waals surface area contributed by atoms with Gasteiger partial charge in [-0.3, -0.25) is 9.59 Å². The molecule has 0 fully saturated rings. The number of thioether (sulfide) groups is 1. The van der Waals surface area contributed by atoms with E-state index in [1.165, 1.54) is 11.8 Å². The van der Waals surface area contributed by atoms with Crippen LogP contribution in [0.25, 0.3) is 21.9 Å². The predicted octanol–water partition coefficient (Wildman–Crippen LogP) is 4.71. The number of hydrogen-bond acceptors (Lipinski definition) is 4. The molecular weight excluding hydrogens is 332 g/mol. The van der Waals surface area contributed by atoms with Crippen molar-refractivity contribution in [1.29, 1.82) is 0 Å². The van der Waals surface area contributed by atoms with Gasteiger partial charge in [-0.25, -0.2) is 0 Å². The molecule has 124 valence electrons. The molecule has 0 atom stereocenters. The van der Waals surface area contributed by atoms with Crippen LogP contribution in [0.15, 0.2) is 59.5 Å². The molecule has 3 aromatic rings. The lowest BCUT2D eigenvalue weighted by Crippen LogP contribution is -2.10. The first-order valence-corrected chi connectivity index (χ1v) is 9.17. The quantitative estimate of drug-likeness (QED) is 0.396. The van der Waals surface area contributed by atoms with Gasteiger partial charge in [0.15, 0.2) is 5.78 Å². The summed E-state index contributed by atoms with van der Waals surface area (Å²) in [5.74, 6) is 0.0903. The average molecular weight is 348 g/mol. The van der Waals surface area contributed by atoms with Gasteiger partial charge >= 0.3 is 5.97 Å². The maximum Gasteiger partial charge on any atom is 0.316 e. The second-order valence-corrected chi connectivity index (χ2v) is 6.82. The van der Waals surface area contributed by atoms with E-state index >= 15 is 0 Å². The molecule has 0 unspecified atom stereocenters. The molecule has 0 aliphatic heterocycles. The SMILES string of the molecule is CCOC(=O)CSc1ccc2c3c(cccc13)C(=O)c1ccccc1-2. The lowest BCUT2D eigenvalue weighted by atomic mass is 9.83. The Morgan fingerprint density at radius 2 is 1.68 bits per heavy atom. The van der Waals surface area contributed by atoms with Crippen LogP contribution in [-0.4, -0.2) is 24.1 Å². The van der Waals surface area contributed by atoms with Gasteiger partial charge in [0.1, 0.15) is 0 Å². The molecule has 4 rings (SSSR count). The summed E-state index contributed by atoms with van der Waals surface area (Å²) in [7, 11) is 0. The molecule has 0 aromatic heterocycles. The van der Waals surface area contributed by atoms with E-state index in [9.17, 15) is 9.59 Å². The van der Waals surface area contributed by atoms with Gasteiger partial charge < -0.3 is 4.74 Å². The minimum absolute atomic E-state index is 0.0567. The number of hydrogen-bond donors (Lipinski definition) is 0. The van der Waals surface area contributed by atoms with E-state index in [4.69, 9.17) is 4.74 Å². The van der Waals surface area contributed by atoms with Crippen molar-refractivity contribution >= 4 is 34.3 Å². The number of rotatable bonds is 4. The normalized spacial score (nSPS) is 12.1. The third-order valence-corrected chi connectivity index (χ3v) is 5.41. The predicted molar refractivity (Wildman–Crippen MR) is 100 cm³/mol. The Balaban J connectivity index is 1.86. The van der Waals surface area contributed by atoms with Gasteiger partial charge in [-0.05, 0) is 29.5 Å². The fourth-order valence-corrected chi connectivity index (χ4v) is 4.17. The Kier molecular flexibility index (Phi) is 4.06. The van der Waals surface area contributed by atoms with Gasteiger partial charge in [-0.1, -0.05) is 48.5 Å². The molecule has 0 bridgehead atoms. The number of ketones is 1. The van der Waals surface area contributed by atoms with Crippen molar-refractivity contribution < 1.29 is 14.3 Å². The summed E-state index contributed by atoms with van der Waals surface area (Å²) >= 11 is 1.45. The number of benzene rings is 3. The van der Waals surface area contributed by atoms with Gasteiger partial charge in [-0.2, -0.15) is 0 Å². The van der Waals surface area contributed by atoms with Crippen molar-refractivity contribution in [3.63, 3.8) is 0 Å². The maximum absolute atomic E-state index is 12.9. The summed E-state index contributed by atoms with van der Waals surface area (Å²) in [5.41, 5.74) is 3.51. The molecule has 25 heavy (non-hydrogen) atoms. The highest BCUT2D eigenvalue weighted by Gasteiger charge is 2.25. The number of esters is 1. The fourth-order valence-electron chi connectivity index (χ4n) is 3.32. The minimum atomic E-state index is -0.227. The minimum Gasteiger partial charge on any atom is -0.465 e. The Bertz CT molecular complexity index is 1010.